The van der Waals surface area contributed by atoms with E-state index in [1.54, 1.807) is 13.1 Å². The third-order valence-corrected chi connectivity index (χ3v) is 4.63. The van der Waals surface area contributed by atoms with E-state index in [9.17, 15) is 19.2 Å². The van der Waals surface area contributed by atoms with Crippen LogP contribution in [0.5, 0.6) is 0 Å². The minimum absolute atomic E-state index is 0.150. The quantitative estimate of drug-likeness (QED) is 0.536. The van der Waals surface area contributed by atoms with Crippen LogP contribution in [0.1, 0.15) is 51.6 Å². The lowest BCUT2D eigenvalue weighted by atomic mass is 10.1. The van der Waals surface area contributed by atoms with E-state index in [0.717, 1.165) is 5.56 Å². The first kappa shape index (κ1) is 22.4. The fourth-order valence-corrected chi connectivity index (χ4v) is 3.19. The molecule has 0 aliphatic heterocycles. The summed E-state index contributed by atoms with van der Waals surface area (Å²) in [5.74, 6) is -0.464. The summed E-state index contributed by atoms with van der Waals surface area (Å²) < 4.78 is 8.22. The monoisotopic (exact) mass is 403 g/mol. The van der Waals surface area contributed by atoms with Crippen LogP contribution in [0.4, 0.5) is 0 Å². The molecule has 2 rings (SSSR count). The first-order chi connectivity index (χ1) is 13.6. The third kappa shape index (κ3) is 5.56. The van der Waals surface area contributed by atoms with Crippen molar-refractivity contribution in [2.45, 2.75) is 58.1 Å². The van der Waals surface area contributed by atoms with Gasteiger partial charge in [-0.3, -0.25) is 18.7 Å². The molecule has 0 fully saturated rings. The lowest BCUT2D eigenvalue weighted by molar-refractivity contribution is -0.154. The number of hydrogen-bond donors (Lipinski definition) is 1. The molecule has 1 aromatic heterocycles. The Labute approximate surface area is 169 Å². The molecule has 0 aliphatic carbocycles. The van der Waals surface area contributed by atoms with Crippen LogP contribution in [0, 0.1) is 0 Å². The molecule has 1 aromatic carbocycles. The van der Waals surface area contributed by atoms with E-state index in [1.165, 1.54) is 16.2 Å². The number of imidazole rings is 1. The number of fused-ring (bicyclic) bond motifs is 1. The van der Waals surface area contributed by atoms with Gasteiger partial charge in [-0.05, 0) is 51.3 Å². The van der Waals surface area contributed by atoms with Gasteiger partial charge in [0, 0.05) is 26.9 Å². The van der Waals surface area contributed by atoms with Crippen molar-refractivity contribution in [3.05, 3.63) is 34.2 Å². The standard InChI is InChI=1S/C21H29N3O5/c1-21(2,3)29-19(27)11-7-14-6-9-16-17(12-14)23(5)20(28)24(16)15(13-25)8-10-18(26)22-4/h6,9,12-13,15H,7-8,10-11H2,1-5H3,(H,22,26). The van der Waals surface area contributed by atoms with Gasteiger partial charge in [0.15, 0.2) is 0 Å². The zero-order valence-corrected chi connectivity index (χ0v) is 17.7. The highest BCUT2D eigenvalue weighted by Gasteiger charge is 2.20. The highest BCUT2D eigenvalue weighted by atomic mass is 16.6. The lowest BCUT2D eigenvalue weighted by Gasteiger charge is -2.19. The van der Waals surface area contributed by atoms with Gasteiger partial charge in [0.1, 0.15) is 11.9 Å². The number of nitrogens with zero attached hydrogens (tertiary/aromatic N) is 2. The molecule has 1 N–H and O–H groups in total. The first-order valence-electron chi connectivity index (χ1n) is 9.65. The van der Waals surface area contributed by atoms with E-state index in [-0.39, 0.29) is 36.8 Å². The summed E-state index contributed by atoms with van der Waals surface area (Å²) in [5.41, 5.74) is 1.33. The fourth-order valence-electron chi connectivity index (χ4n) is 3.19. The van der Waals surface area contributed by atoms with E-state index in [0.29, 0.717) is 23.7 Å². The molecule has 1 unspecified atom stereocenters. The van der Waals surface area contributed by atoms with Crippen LogP contribution in [-0.2, 0) is 32.6 Å². The van der Waals surface area contributed by atoms with Gasteiger partial charge < -0.3 is 14.8 Å². The summed E-state index contributed by atoms with van der Waals surface area (Å²) in [4.78, 5) is 47.8. The van der Waals surface area contributed by atoms with Crippen molar-refractivity contribution in [3.63, 3.8) is 0 Å². The average molecular weight is 403 g/mol. The molecule has 8 heteroatoms. The number of hydrogen-bond acceptors (Lipinski definition) is 5. The Morgan fingerprint density at radius 1 is 1.21 bits per heavy atom. The van der Waals surface area contributed by atoms with Crippen LogP contribution in [0.3, 0.4) is 0 Å². The van der Waals surface area contributed by atoms with E-state index in [1.807, 2.05) is 32.9 Å². The van der Waals surface area contributed by atoms with E-state index >= 15 is 0 Å². The third-order valence-electron chi connectivity index (χ3n) is 4.63. The topological polar surface area (TPSA) is 99.4 Å². The maximum absolute atomic E-state index is 12.7. The molecular formula is C21H29N3O5. The number of aromatic nitrogens is 2. The van der Waals surface area contributed by atoms with E-state index in [4.69, 9.17) is 4.74 Å². The molecule has 158 valence electrons. The Bertz CT molecular complexity index is 965. The molecule has 0 saturated carbocycles. The highest BCUT2D eigenvalue weighted by Crippen LogP contribution is 2.21. The second-order valence-corrected chi connectivity index (χ2v) is 8.04. The van der Waals surface area contributed by atoms with Crippen molar-refractivity contribution in [2.75, 3.05) is 7.05 Å². The summed E-state index contributed by atoms with van der Waals surface area (Å²) >= 11 is 0. The van der Waals surface area contributed by atoms with Crippen molar-refractivity contribution < 1.29 is 19.1 Å². The summed E-state index contributed by atoms with van der Waals surface area (Å²) in [5, 5.41) is 2.51. The first-order valence-corrected chi connectivity index (χ1v) is 9.65. The Balaban J connectivity index is 2.27. The molecule has 1 heterocycles. The molecular weight excluding hydrogens is 374 g/mol. The number of aldehydes is 1. The zero-order chi connectivity index (χ0) is 21.8. The number of benzene rings is 1. The predicted molar refractivity (Wildman–Crippen MR) is 110 cm³/mol. The number of carbonyl (C=O) groups is 3. The van der Waals surface area contributed by atoms with Gasteiger partial charge in [-0.25, -0.2) is 4.79 Å². The van der Waals surface area contributed by atoms with Crippen molar-refractivity contribution in [1.82, 2.24) is 14.5 Å². The van der Waals surface area contributed by atoms with Crippen molar-refractivity contribution in [1.29, 1.82) is 0 Å². The molecule has 0 saturated heterocycles. The van der Waals surface area contributed by atoms with Crippen LogP contribution in [0.15, 0.2) is 23.0 Å². The Morgan fingerprint density at radius 2 is 1.90 bits per heavy atom. The van der Waals surface area contributed by atoms with Crippen LogP contribution in [-0.4, -0.2) is 39.9 Å². The number of carbonyl (C=O) groups excluding carboxylic acids is 3. The number of nitrogens with one attached hydrogen (secondary N) is 1. The van der Waals surface area contributed by atoms with Gasteiger partial charge in [-0.2, -0.15) is 0 Å². The minimum Gasteiger partial charge on any atom is -0.460 e. The molecule has 0 radical (unpaired) electrons. The van der Waals surface area contributed by atoms with Crippen LogP contribution in [0.25, 0.3) is 11.0 Å². The molecule has 29 heavy (non-hydrogen) atoms. The molecule has 2 aromatic rings. The van der Waals surface area contributed by atoms with Crippen molar-refractivity contribution in [3.8, 4) is 0 Å². The van der Waals surface area contributed by atoms with Gasteiger partial charge in [0.05, 0.1) is 17.1 Å². The lowest BCUT2D eigenvalue weighted by Crippen LogP contribution is -2.28. The summed E-state index contributed by atoms with van der Waals surface area (Å²) in [6, 6.07) is 4.73. The average Bonchev–Trinajstić information content (AvgIpc) is 2.90. The maximum atomic E-state index is 12.7. The second-order valence-electron chi connectivity index (χ2n) is 8.04. The zero-order valence-electron chi connectivity index (χ0n) is 17.7. The largest absolute Gasteiger partial charge is 0.460 e. The highest BCUT2D eigenvalue weighted by molar-refractivity contribution is 5.79. The summed E-state index contributed by atoms with van der Waals surface area (Å²) in [7, 11) is 3.17. The SMILES string of the molecule is CNC(=O)CCC(C=O)n1c(=O)n(C)c2cc(CCC(=O)OC(C)(C)C)ccc21. The van der Waals surface area contributed by atoms with Gasteiger partial charge in [-0.15, -0.1) is 0 Å². The van der Waals surface area contributed by atoms with Gasteiger partial charge >= 0.3 is 11.7 Å². The van der Waals surface area contributed by atoms with Crippen molar-refractivity contribution >= 4 is 29.2 Å². The fraction of sp³-hybridized carbons (Fsp3) is 0.524. The van der Waals surface area contributed by atoms with Crippen LogP contribution < -0.4 is 11.0 Å². The number of ether oxygens (including phenoxy) is 1. The predicted octanol–water partition coefficient (Wildman–Crippen LogP) is 1.88. The number of esters is 1. The molecule has 0 aliphatic rings. The van der Waals surface area contributed by atoms with Gasteiger partial charge in [-0.1, -0.05) is 6.07 Å². The minimum atomic E-state index is -0.726. The Kier molecular flexibility index (Phi) is 7.00. The number of rotatable bonds is 8. The molecule has 0 bridgehead atoms. The molecule has 1 atom stereocenters. The Morgan fingerprint density at radius 3 is 2.48 bits per heavy atom. The summed E-state index contributed by atoms with van der Waals surface area (Å²) in [6.45, 7) is 5.47. The van der Waals surface area contributed by atoms with Crippen LogP contribution in [0.2, 0.25) is 0 Å². The van der Waals surface area contributed by atoms with Gasteiger partial charge in [0.25, 0.3) is 0 Å². The van der Waals surface area contributed by atoms with Crippen molar-refractivity contribution in [2.24, 2.45) is 7.05 Å². The summed E-state index contributed by atoms with van der Waals surface area (Å²) in [6.07, 6.45) is 1.80. The van der Waals surface area contributed by atoms with E-state index < -0.39 is 11.6 Å². The van der Waals surface area contributed by atoms with Gasteiger partial charge in [0.2, 0.25) is 5.91 Å². The number of amides is 1. The molecule has 8 nitrogen and oxygen atoms in total. The normalized spacial score (nSPS) is 12.6. The van der Waals surface area contributed by atoms with E-state index in [2.05, 4.69) is 5.32 Å². The second kappa shape index (κ2) is 9.07. The molecule has 0 spiro atoms. The van der Waals surface area contributed by atoms with Crippen LogP contribution >= 0.6 is 0 Å². The maximum Gasteiger partial charge on any atom is 0.329 e. The molecule has 1 amide bonds. The number of aryl methyl sites for hydroxylation is 2. The Hall–Kier alpha value is -2.90. The smallest absolute Gasteiger partial charge is 0.329 e.